The summed E-state index contributed by atoms with van der Waals surface area (Å²) in [5.74, 6) is -0.522. The average molecular weight is 499 g/mol. The number of ether oxygens (including phenoxy) is 1. The molecule has 1 amide bonds. The Labute approximate surface area is 209 Å². The summed E-state index contributed by atoms with van der Waals surface area (Å²) in [6.07, 6.45) is 0.700. The van der Waals surface area contributed by atoms with Crippen LogP contribution in [0.5, 0.6) is 0 Å². The zero-order valence-electron chi connectivity index (χ0n) is 20.1. The predicted molar refractivity (Wildman–Crippen MR) is 136 cm³/mol. The first-order valence-electron chi connectivity index (χ1n) is 11.9. The molecular weight excluding hydrogens is 468 g/mol. The molecule has 1 aromatic heterocycles. The van der Waals surface area contributed by atoms with E-state index < -0.39 is 17.4 Å². The number of carbonyl (C=O) groups excluding carboxylic acids is 1. The molecule has 35 heavy (non-hydrogen) atoms. The predicted octanol–water partition coefficient (Wildman–Crippen LogP) is 2.66. The van der Waals surface area contributed by atoms with E-state index in [1.807, 2.05) is 18.2 Å². The molecule has 0 unspecified atom stereocenters. The van der Waals surface area contributed by atoms with Crippen molar-refractivity contribution >= 4 is 28.4 Å². The summed E-state index contributed by atoms with van der Waals surface area (Å²) in [6, 6.07) is 11.1. The van der Waals surface area contributed by atoms with Crippen LogP contribution in [0, 0.1) is 0 Å². The highest BCUT2D eigenvalue weighted by atomic mass is 35.5. The van der Waals surface area contributed by atoms with Crippen LogP contribution in [0.15, 0.2) is 41.2 Å². The van der Waals surface area contributed by atoms with Gasteiger partial charge in [-0.3, -0.25) is 19.2 Å². The molecule has 0 radical (unpaired) electrons. The number of hydrogen-bond acceptors (Lipinski definition) is 6. The molecule has 0 aliphatic carbocycles. The second-order valence-electron chi connectivity index (χ2n) is 9.04. The lowest BCUT2D eigenvalue weighted by molar-refractivity contribution is 0.0342. The largest absolute Gasteiger partial charge is 0.393 e. The van der Waals surface area contributed by atoms with E-state index in [-0.39, 0.29) is 12.2 Å². The molecule has 3 aromatic rings. The average Bonchev–Trinajstić information content (AvgIpc) is 2.84. The van der Waals surface area contributed by atoms with Crippen LogP contribution in [0.2, 0.25) is 5.02 Å². The first-order chi connectivity index (χ1) is 16.8. The van der Waals surface area contributed by atoms with Crippen molar-refractivity contribution in [2.24, 2.45) is 7.05 Å². The van der Waals surface area contributed by atoms with Gasteiger partial charge in [0.1, 0.15) is 0 Å². The molecule has 1 aliphatic heterocycles. The molecule has 1 saturated heterocycles. The minimum atomic E-state index is -0.522. The van der Waals surface area contributed by atoms with Gasteiger partial charge in [0.2, 0.25) is 5.43 Å². The summed E-state index contributed by atoms with van der Waals surface area (Å²) in [5.41, 5.74) is 2.96. The number of aliphatic hydroxyl groups is 1. The first kappa shape index (κ1) is 25.3. The van der Waals surface area contributed by atoms with E-state index in [2.05, 4.69) is 21.4 Å². The topological polar surface area (TPSA) is 96.7 Å². The highest BCUT2D eigenvalue weighted by Gasteiger charge is 2.20. The minimum absolute atomic E-state index is 0.140. The molecular formula is C26H31ClN4O4. The number of morpholine rings is 1. The normalized spacial score (nSPS) is 15.3. The Balaban J connectivity index is 1.68. The molecule has 1 fully saturated rings. The van der Waals surface area contributed by atoms with Gasteiger partial charge in [0, 0.05) is 38.2 Å². The Morgan fingerprint density at radius 3 is 2.60 bits per heavy atom. The molecule has 186 valence electrons. The van der Waals surface area contributed by atoms with Gasteiger partial charge in [-0.05, 0) is 54.7 Å². The van der Waals surface area contributed by atoms with E-state index in [4.69, 9.17) is 16.3 Å². The Kier molecular flexibility index (Phi) is 8.18. The van der Waals surface area contributed by atoms with E-state index in [1.54, 1.807) is 30.8 Å². The van der Waals surface area contributed by atoms with Gasteiger partial charge in [0.25, 0.3) is 5.91 Å². The molecule has 0 spiro atoms. The molecule has 9 heteroatoms. The zero-order chi connectivity index (χ0) is 24.9. The zero-order valence-corrected chi connectivity index (χ0v) is 20.8. The smallest absolute Gasteiger partial charge is 0.276 e. The summed E-state index contributed by atoms with van der Waals surface area (Å²) in [4.78, 5) is 28.7. The van der Waals surface area contributed by atoms with Gasteiger partial charge in [-0.15, -0.1) is 0 Å². The van der Waals surface area contributed by atoms with Crippen molar-refractivity contribution in [1.82, 2.24) is 20.0 Å². The maximum atomic E-state index is 13.5. The van der Waals surface area contributed by atoms with Crippen LogP contribution in [0.4, 0.5) is 0 Å². The summed E-state index contributed by atoms with van der Waals surface area (Å²) >= 11 is 5.93. The Hall–Kier alpha value is -2.78. The molecule has 2 heterocycles. The lowest BCUT2D eigenvalue weighted by atomic mass is 9.99. The third-order valence-electron chi connectivity index (χ3n) is 6.20. The maximum absolute atomic E-state index is 13.5. The Bertz CT molecular complexity index is 1250. The lowest BCUT2D eigenvalue weighted by Gasteiger charge is -2.27. The third kappa shape index (κ3) is 6.27. The SMILES string of the molecule is C[C@H](O)CCc1cc(CN2CCOCC2)cc2c(=O)c(C(=O)NCc3ccc(Cl)cc3)nn(C)c12. The number of nitrogens with zero attached hydrogens (tertiary/aromatic N) is 3. The third-order valence-corrected chi connectivity index (χ3v) is 6.46. The molecule has 1 aliphatic rings. The second kappa shape index (κ2) is 11.3. The van der Waals surface area contributed by atoms with Gasteiger partial charge in [-0.2, -0.15) is 5.10 Å². The van der Waals surface area contributed by atoms with Crippen molar-refractivity contribution in [3.63, 3.8) is 0 Å². The van der Waals surface area contributed by atoms with E-state index >= 15 is 0 Å². The number of amides is 1. The number of fused-ring (bicyclic) bond motifs is 1. The fraction of sp³-hybridized carbons (Fsp3) is 0.423. The Morgan fingerprint density at radius 2 is 1.91 bits per heavy atom. The lowest BCUT2D eigenvalue weighted by Crippen LogP contribution is -2.35. The summed E-state index contributed by atoms with van der Waals surface area (Å²) in [6.45, 7) is 5.72. The number of hydrogen-bond donors (Lipinski definition) is 2. The van der Waals surface area contributed by atoms with Crippen molar-refractivity contribution in [2.45, 2.75) is 39.0 Å². The minimum Gasteiger partial charge on any atom is -0.393 e. The molecule has 0 saturated carbocycles. The van der Waals surface area contributed by atoms with Gasteiger partial charge in [-0.25, -0.2) is 0 Å². The number of aromatic nitrogens is 2. The monoisotopic (exact) mass is 498 g/mol. The molecule has 2 aromatic carbocycles. The molecule has 8 nitrogen and oxygen atoms in total. The number of carbonyl (C=O) groups is 1. The standard InChI is InChI=1S/C26H31ClN4O4/c1-17(32)3-6-20-13-19(16-31-9-11-35-12-10-31)14-22-24(20)30(2)29-23(25(22)33)26(34)28-15-18-4-7-21(27)8-5-18/h4-5,7-8,13-14,17,32H,3,6,9-12,15-16H2,1-2H3,(H,28,34)/t17-/m0/s1. The number of benzene rings is 2. The number of halogens is 1. The van der Waals surface area contributed by atoms with Crippen LogP contribution < -0.4 is 10.7 Å². The first-order valence-corrected chi connectivity index (χ1v) is 12.2. The highest BCUT2D eigenvalue weighted by molar-refractivity contribution is 6.30. The number of aryl methyl sites for hydroxylation is 2. The second-order valence-corrected chi connectivity index (χ2v) is 9.47. The van der Waals surface area contributed by atoms with Gasteiger partial charge < -0.3 is 15.2 Å². The van der Waals surface area contributed by atoms with E-state index in [9.17, 15) is 14.7 Å². The van der Waals surface area contributed by atoms with Crippen LogP contribution in [0.25, 0.3) is 10.9 Å². The number of nitrogens with one attached hydrogen (secondary N) is 1. The molecule has 1 atom stereocenters. The van der Waals surface area contributed by atoms with Gasteiger partial charge in [0.15, 0.2) is 5.69 Å². The summed E-state index contributed by atoms with van der Waals surface area (Å²) in [5, 5.41) is 18.1. The Morgan fingerprint density at radius 1 is 1.20 bits per heavy atom. The molecule has 4 rings (SSSR count). The fourth-order valence-electron chi connectivity index (χ4n) is 4.37. The van der Waals surface area contributed by atoms with Crippen LogP contribution in [0.3, 0.4) is 0 Å². The van der Waals surface area contributed by atoms with Crippen LogP contribution in [-0.2, 0) is 31.3 Å². The molecule has 2 N–H and O–H groups in total. The molecule has 0 bridgehead atoms. The van der Waals surface area contributed by atoms with Crippen LogP contribution in [0.1, 0.15) is 40.5 Å². The summed E-state index contributed by atoms with van der Waals surface area (Å²) < 4.78 is 7.05. The highest BCUT2D eigenvalue weighted by Crippen LogP contribution is 2.22. The quantitative estimate of drug-likeness (QED) is 0.495. The van der Waals surface area contributed by atoms with E-state index in [0.717, 1.165) is 29.8 Å². The van der Waals surface area contributed by atoms with Crippen molar-refractivity contribution in [1.29, 1.82) is 0 Å². The summed E-state index contributed by atoms with van der Waals surface area (Å²) in [7, 11) is 1.74. The van der Waals surface area contributed by atoms with E-state index in [1.165, 1.54) is 0 Å². The van der Waals surface area contributed by atoms with Crippen LogP contribution >= 0.6 is 11.6 Å². The number of aliphatic hydroxyl groups excluding tert-OH is 1. The van der Waals surface area contributed by atoms with Gasteiger partial charge >= 0.3 is 0 Å². The maximum Gasteiger partial charge on any atom is 0.276 e. The van der Waals surface area contributed by atoms with Crippen molar-refractivity contribution in [3.05, 3.63) is 74.0 Å². The van der Waals surface area contributed by atoms with Crippen molar-refractivity contribution in [2.75, 3.05) is 26.3 Å². The van der Waals surface area contributed by atoms with Gasteiger partial charge in [0.05, 0.1) is 30.2 Å². The van der Waals surface area contributed by atoms with Crippen molar-refractivity contribution < 1.29 is 14.6 Å². The fourth-order valence-corrected chi connectivity index (χ4v) is 4.50. The van der Waals surface area contributed by atoms with E-state index in [0.29, 0.717) is 48.5 Å². The van der Waals surface area contributed by atoms with Crippen molar-refractivity contribution in [3.8, 4) is 0 Å². The number of rotatable bonds is 8. The van der Waals surface area contributed by atoms with Crippen LogP contribution in [-0.4, -0.2) is 58.1 Å². The van der Waals surface area contributed by atoms with Gasteiger partial charge in [-0.1, -0.05) is 29.8 Å².